The molecule has 0 radical (unpaired) electrons. The standard InChI is InChI=1S/C8H15N5O2S/c1-13-5-6(4-9)8(10-13)12-16(14,15)11-7-2-3-7/h5,7,11H,2-4,9H2,1H3,(H,10,12). The van der Waals surface area contributed by atoms with Crippen molar-refractivity contribution in [3.8, 4) is 0 Å². The van der Waals surface area contributed by atoms with Crippen molar-refractivity contribution in [2.24, 2.45) is 12.8 Å². The van der Waals surface area contributed by atoms with Gasteiger partial charge in [0, 0.05) is 31.4 Å². The normalized spacial score (nSPS) is 16.4. The molecule has 1 aromatic heterocycles. The highest BCUT2D eigenvalue weighted by Crippen LogP contribution is 2.20. The van der Waals surface area contributed by atoms with E-state index in [1.54, 1.807) is 13.2 Å². The summed E-state index contributed by atoms with van der Waals surface area (Å²) in [7, 11) is -1.81. The summed E-state index contributed by atoms with van der Waals surface area (Å²) in [6, 6.07) is 0.0718. The molecule has 0 aliphatic heterocycles. The molecule has 0 atom stereocenters. The molecule has 1 fully saturated rings. The highest BCUT2D eigenvalue weighted by Gasteiger charge is 2.27. The van der Waals surface area contributed by atoms with Crippen molar-refractivity contribution in [3.05, 3.63) is 11.8 Å². The average Bonchev–Trinajstić information content (AvgIpc) is 2.89. The van der Waals surface area contributed by atoms with Crippen molar-refractivity contribution in [2.45, 2.75) is 25.4 Å². The molecule has 0 unspecified atom stereocenters. The molecular formula is C8H15N5O2S. The van der Waals surface area contributed by atoms with E-state index in [2.05, 4.69) is 14.5 Å². The van der Waals surface area contributed by atoms with E-state index >= 15 is 0 Å². The summed E-state index contributed by atoms with van der Waals surface area (Å²) in [6.07, 6.45) is 3.48. The minimum Gasteiger partial charge on any atom is -0.326 e. The zero-order chi connectivity index (χ0) is 11.8. The molecule has 1 saturated carbocycles. The van der Waals surface area contributed by atoms with E-state index in [1.165, 1.54) is 4.68 Å². The van der Waals surface area contributed by atoms with Crippen LogP contribution in [-0.4, -0.2) is 24.2 Å². The van der Waals surface area contributed by atoms with Gasteiger partial charge in [-0.15, -0.1) is 0 Å². The van der Waals surface area contributed by atoms with Gasteiger partial charge in [0.1, 0.15) is 0 Å². The molecule has 1 aliphatic carbocycles. The molecule has 0 spiro atoms. The molecule has 8 heteroatoms. The van der Waals surface area contributed by atoms with Crippen LogP contribution >= 0.6 is 0 Å². The number of nitrogens with one attached hydrogen (secondary N) is 2. The molecule has 16 heavy (non-hydrogen) atoms. The highest BCUT2D eigenvalue weighted by molar-refractivity contribution is 7.90. The first-order chi connectivity index (χ1) is 7.50. The van der Waals surface area contributed by atoms with Crippen LogP contribution in [0.3, 0.4) is 0 Å². The zero-order valence-electron chi connectivity index (χ0n) is 8.97. The van der Waals surface area contributed by atoms with Crippen molar-refractivity contribution in [1.29, 1.82) is 0 Å². The minimum atomic E-state index is -3.52. The van der Waals surface area contributed by atoms with Crippen molar-refractivity contribution >= 4 is 16.0 Å². The van der Waals surface area contributed by atoms with Gasteiger partial charge in [-0.05, 0) is 12.8 Å². The molecule has 0 saturated heterocycles. The monoisotopic (exact) mass is 245 g/mol. The maximum atomic E-state index is 11.6. The van der Waals surface area contributed by atoms with Crippen molar-refractivity contribution < 1.29 is 8.42 Å². The lowest BCUT2D eigenvalue weighted by Gasteiger charge is -2.06. The molecule has 4 N–H and O–H groups in total. The smallest absolute Gasteiger partial charge is 0.300 e. The topological polar surface area (TPSA) is 102 Å². The number of rotatable bonds is 5. The van der Waals surface area contributed by atoms with Crippen LogP contribution in [-0.2, 0) is 23.8 Å². The Labute approximate surface area is 94.2 Å². The van der Waals surface area contributed by atoms with Gasteiger partial charge in [0.05, 0.1) is 0 Å². The van der Waals surface area contributed by atoms with Crippen LogP contribution in [0, 0.1) is 0 Å². The molecule has 90 valence electrons. The van der Waals surface area contributed by atoms with Gasteiger partial charge in [-0.25, -0.2) is 0 Å². The number of aryl methyl sites for hydroxylation is 1. The fraction of sp³-hybridized carbons (Fsp3) is 0.625. The van der Waals surface area contributed by atoms with E-state index < -0.39 is 10.2 Å². The first-order valence-electron chi connectivity index (χ1n) is 5.03. The molecule has 0 bridgehead atoms. The second-order valence-corrected chi connectivity index (χ2v) is 5.33. The van der Waals surface area contributed by atoms with Crippen molar-refractivity contribution in [3.63, 3.8) is 0 Å². The Morgan fingerprint density at radius 2 is 2.31 bits per heavy atom. The van der Waals surface area contributed by atoms with Crippen LogP contribution in [0.25, 0.3) is 0 Å². The van der Waals surface area contributed by atoms with Crippen LogP contribution in [0.4, 0.5) is 5.82 Å². The number of hydrogen-bond acceptors (Lipinski definition) is 4. The average molecular weight is 245 g/mol. The van der Waals surface area contributed by atoms with Gasteiger partial charge in [-0.1, -0.05) is 0 Å². The number of anilines is 1. The summed E-state index contributed by atoms with van der Waals surface area (Å²) < 4.78 is 29.6. The predicted molar refractivity (Wildman–Crippen MR) is 59.8 cm³/mol. The third kappa shape index (κ3) is 2.71. The Kier molecular flexibility index (Phi) is 2.87. The van der Waals surface area contributed by atoms with E-state index in [0.717, 1.165) is 12.8 Å². The second kappa shape index (κ2) is 4.04. The number of hydrogen-bond donors (Lipinski definition) is 3. The fourth-order valence-electron chi connectivity index (χ4n) is 1.35. The quantitative estimate of drug-likeness (QED) is 0.637. The lowest BCUT2D eigenvalue weighted by Crippen LogP contribution is -2.32. The van der Waals surface area contributed by atoms with Crippen LogP contribution in [0.15, 0.2) is 6.20 Å². The molecule has 2 rings (SSSR count). The summed E-state index contributed by atoms with van der Waals surface area (Å²) >= 11 is 0. The van der Waals surface area contributed by atoms with Gasteiger partial charge in [0.15, 0.2) is 5.82 Å². The Morgan fingerprint density at radius 1 is 1.62 bits per heavy atom. The lowest BCUT2D eigenvalue weighted by molar-refractivity contribution is 0.586. The Bertz CT molecular complexity index is 477. The van der Waals surface area contributed by atoms with E-state index in [-0.39, 0.29) is 18.4 Å². The number of aromatic nitrogens is 2. The highest BCUT2D eigenvalue weighted by atomic mass is 32.2. The van der Waals surface area contributed by atoms with Crippen LogP contribution in [0.5, 0.6) is 0 Å². The van der Waals surface area contributed by atoms with E-state index in [4.69, 9.17) is 5.73 Å². The Morgan fingerprint density at radius 3 is 2.88 bits per heavy atom. The van der Waals surface area contributed by atoms with E-state index in [0.29, 0.717) is 5.56 Å². The fourth-order valence-corrected chi connectivity index (χ4v) is 2.51. The SMILES string of the molecule is Cn1cc(CN)c(NS(=O)(=O)NC2CC2)n1. The van der Waals surface area contributed by atoms with E-state index in [9.17, 15) is 8.42 Å². The Hall–Kier alpha value is -1.12. The maximum Gasteiger partial charge on any atom is 0.300 e. The minimum absolute atomic E-state index is 0.0718. The van der Waals surface area contributed by atoms with Crippen LogP contribution < -0.4 is 15.2 Å². The summed E-state index contributed by atoms with van der Waals surface area (Å²) in [5, 5.41) is 4.00. The van der Waals surface area contributed by atoms with Gasteiger partial charge >= 0.3 is 10.2 Å². The predicted octanol–water partition coefficient (Wildman–Crippen LogP) is -0.712. The third-order valence-corrected chi connectivity index (χ3v) is 3.36. The summed E-state index contributed by atoms with van der Waals surface area (Å²) in [5.74, 6) is 0.290. The molecule has 0 amide bonds. The van der Waals surface area contributed by atoms with E-state index in [1.807, 2.05) is 0 Å². The number of nitrogens with zero attached hydrogens (tertiary/aromatic N) is 2. The first-order valence-corrected chi connectivity index (χ1v) is 6.51. The van der Waals surface area contributed by atoms with Gasteiger partial charge < -0.3 is 5.73 Å². The third-order valence-electron chi connectivity index (χ3n) is 2.25. The first kappa shape index (κ1) is 11.4. The molecule has 7 nitrogen and oxygen atoms in total. The zero-order valence-corrected chi connectivity index (χ0v) is 9.79. The van der Waals surface area contributed by atoms with Gasteiger partial charge in [0.25, 0.3) is 0 Å². The van der Waals surface area contributed by atoms with Crippen LogP contribution in [0.1, 0.15) is 18.4 Å². The molecule has 0 aromatic carbocycles. The molecule has 1 aromatic rings. The van der Waals surface area contributed by atoms with Gasteiger partial charge in [0.2, 0.25) is 0 Å². The Balaban J connectivity index is 2.12. The molecule has 1 heterocycles. The lowest BCUT2D eigenvalue weighted by atomic mass is 10.3. The van der Waals surface area contributed by atoms with Crippen molar-refractivity contribution in [2.75, 3.05) is 4.72 Å². The van der Waals surface area contributed by atoms with Gasteiger partial charge in [-0.3, -0.25) is 9.40 Å². The summed E-state index contributed by atoms with van der Waals surface area (Å²) in [5.41, 5.74) is 6.16. The molecule has 1 aliphatic rings. The number of nitrogens with two attached hydrogens (primary N) is 1. The molecular weight excluding hydrogens is 230 g/mol. The van der Waals surface area contributed by atoms with Crippen molar-refractivity contribution in [1.82, 2.24) is 14.5 Å². The second-order valence-electron chi connectivity index (χ2n) is 3.88. The van der Waals surface area contributed by atoms with Crippen LogP contribution in [0.2, 0.25) is 0 Å². The maximum absolute atomic E-state index is 11.6. The summed E-state index contributed by atoms with van der Waals surface area (Å²) in [6.45, 7) is 0.245. The summed E-state index contributed by atoms with van der Waals surface area (Å²) in [4.78, 5) is 0. The largest absolute Gasteiger partial charge is 0.326 e. The van der Waals surface area contributed by atoms with Gasteiger partial charge in [-0.2, -0.15) is 18.2 Å².